The van der Waals surface area contributed by atoms with Crippen molar-refractivity contribution in [1.82, 2.24) is 15.2 Å². The smallest absolute Gasteiger partial charge is 0.223 e. The second kappa shape index (κ2) is 12.2. The van der Waals surface area contributed by atoms with Gasteiger partial charge in [-0.1, -0.05) is 20.8 Å². The summed E-state index contributed by atoms with van der Waals surface area (Å²) in [5.74, 6) is 1.32. The summed E-state index contributed by atoms with van der Waals surface area (Å²) in [6.45, 7) is 11.3. The van der Waals surface area contributed by atoms with Gasteiger partial charge in [-0.3, -0.25) is 9.69 Å². The predicted molar refractivity (Wildman–Crippen MR) is 157 cm³/mol. The highest BCUT2D eigenvalue weighted by atomic mass is 32.1. The minimum atomic E-state index is -0.557. The van der Waals surface area contributed by atoms with Crippen molar-refractivity contribution in [3.8, 4) is 11.5 Å². The van der Waals surface area contributed by atoms with Crippen molar-refractivity contribution >= 4 is 28.1 Å². The van der Waals surface area contributed by atoms with Gasteiger partial charge in [-0.05, 0) is 48.6 Å². The Bertz CT molecular complexity index is 1180. The molecule has 2 fully saturated rings. The number of methoxy groups -OCH3 is 2. The van der Waals surface area contributed by atoms with E-state index in [1.807, 2.05) is 25.1 Å². The van der Waals surface area contributed by atoms with Gasteiger partial charge in [-0.2, -0.15) is 0 Å². The first-order valence-corrected chi connectivity index (χ1v) is 15.3. The van der Waals surface area contributed by atoms with Gasteiger partial charge in [0.05, 0.1) is 44.9 Å². The van der Waals surface area contributed by atoms with Gasteiger partial charge in [-0.15, -0.1) is 11.3 Å². The van der Waals surface area contributed by atoms with Gasteiger partial charge >= 0.3 is 0 Å². The Morgan fingerprint density at radius 1 is 1.30 bits per heavy atom. The fourth-order valence-electron chi connectivity index (χ4n) is 7.14. The number of anilines is 2. The largest absolute Gasteiger partial charge is 0.497 e. The van der Waals surface area contributed by atoms with Gasteiger partial charge in [0, 0.05) is 49.0 Å². The maximum absolute atomic E-state index is 13.1. The number of thiazole rings is 1. The van der Waals surface area contributed by atoms with E-state index < -0.39 is 6.10 Å². The third kappa shape index (κ3) is 5.82. The third-order valence-electron chi connectivity index (χ3n) is 9.46. The van der Waals surface area contributed by atoms with E-state index in [1.54, 1.807) is 25.6 Å². The fourth-order valence-corrected chi connectivity index (χ4v) is 8.42. The summed E-state index contributed by atoms with van der Waals surface area (Å²) in [6, 6.07) is 5.66. The number of aliphatic hydroxyl groups excluding tert-OH is 1. The van der Waals surface area contributed by atoms with Crippen molar-refractivity contribution < 1.29 is 24.1 Å². The van der Waals surface area contributed by atoms with E-state index in [4.69, 9.17) is 19.2 Å². The number of carbonyl (C=O) groups is 1. The van der Waals surface area contributed by atoms with Crippen LogP contribution in [0.15, 0.2) is 18.2 Å². The minimum Gasteiger partial charge on any atom is -0.497 e. The number of aromatic nitrogens is 1. The average molecular weight is 573 g/mol. The fraction of sp³-hybridized carbons (Fsp3) is 0.667. The summed E-state index contributed by atoms with van der Waals surface area (Å²) in [4.78, 5) is 21.7. The number of hydrogen-bond donors (Lipinski definition) is 3. The molecule has 3 N–H and O–H groups in total. The van der Waals surface area contributed by atoms with E-state index >= 15 is 0 Å². The highest BCUT2D eigenvalue weighted by Gasteiger charge is 2.53. The van der Waals surface area contributed by atoms with E-state index in [0.29, 0.717) is 6.54 Å². The number of rotatable bonds is 9. The van der Waals surface area contributed by atoms with Crippen LogP contribution < -0.4 is 20.1 Å². The Balaban J connectivity index is 1.27. The van der Waals surface area contributed by atoms with Crippen molar-refractivity contribution in [2.75, 3.05) is 58.9 Å². The highest BCUT2D eigenvalue weighted by Crippen LogP contribution is 2.57. The van der Waals surface area contributed by atoms with Crippen LogP contribution in [0.1, 0.15) is 50.1 Å². The first kappa shape index (κ1) is 29.1. The minimum absolute atomic E-state index is 0.0354. The molecule has 5 rings (SSSR count). The zero-order valence-electron chi connectivity index (χ0n) is 24.4. The van der Waals surface area contributed by atoms with Crippen LogP contribution in [0.4, 0.5) is 10.8 Å². The monoisotopic (exact) mass is 572 g/mol. The molecule has 2 heterocycles. The Kier molecular flexibility index (Phi) is 8.89. The van der Waals surface area contributed by atoms with E-state index in [0.717, 1.165) is 80.1 Å². The van der Waals surface area contributed by atoms with Gasteiger partial charge in [0.2, 0.25) is 5.91 Å². The predicted octanol–water partition coefficient (Wildman–Crippen LogP) is 4.04. The van der Waals surface area contributed by atoms with Crippen molar-refractivity contribution in [1.29, 1.82) is 0 Å². The molecular weight excluding hydrogens is 528 g/mol. The molecule has 1 aliphatic heterocycles. The third-order valence-corrected chi connectivity index (χ3v) is 10.4. The quantitative estimate of drug-likeness (QED) is 0.414. The molecule has 1 aromatic heterocycles. The first-order valence-electron chi connectivity index (χ1n) is 14.5. The topological polar surface area (TPSA) is 105 Å². The summed E-state index contributed by atoms with van der Waals surface area (Å²) in [5, 5.41) is 19.2. The van der Waals surface area contributed by atoms with Gasteiger partial charge in [0.1, 0.15) is 11.5 Å². The van der Waals surface area contributed by atoms with Crippen LogP contribution in [0.25, 0.3) is 0 Å². The number of aliphatic hydroxyl groups is 1. The van der Waals surface area contributed by atoms with E-state index in [1.165, 1.54) is 4.88 Å². The summed E-state index contributed by atoms with van der Waals surface area (Å²) in [5.41, 5.74) is 1.82. The van der Waals surface area contributed by atoms with Crippen LogP contribution in [0.3, 0.4) is 0 Å². The molecule has 0 bridgehead atoms. The summed E-state index contributed by atoms with van der Waals surface area (Å²) in [6.07, 6.45) is 2.16. The van der Waals surface area contributed by atoms with E-state index in [-0.39, 0.29) is 35.0 Å². The number of nitrogens with zero attached hydrogens (tertiary/aromatic N) is 2. The van der Waals surface area contributed by atoms with Crippen LogP contribution >= 0.6 is 11.3 Å². The van der Waals surface area contributed by atoms with Gasteiger partial charge in [-0.25, -0.2) is 4.98 Å². The van der Waals surface area contributed by atoms with Crippen molar-refractivity contribution in [2.45, 2.75) is 52.1 Å². The van der Waals surface area contributed by atoms with Crippen molar-refractivity contribution in [2.24, 2.45) is 23.2 Å². The van der Waals surface area contributed by atoms with Crippen molar-refractivity contribution in [3.63, 3.8) is 0 Å². The first-order chi connectivity index (χ1) is 19.2. The maximum atomic E-state index is 13.1. The maximum Gasteiger partial charge on any atom is 0.223 e. The lowest BCUT2D eigenvalue weighted by Crippen LogP contribution is -2.53. The SMILES string of the molecule is COc1ccc(OC)c(Nc2nc3c(s2)C[C@]2(C)CCC([C@H](C)C(=O)NCCN4CCOCC4)[C@H](O)[C@H]2[C@@H]3C)c1. The van der Waals surface area contributed by atoms with E-state index in [2.05, 4.69) is 29.4 Å². The normalized spacial score (nSPS) is 29.1. The number of ether oxygens (including phenoxy) is 3. The molecule has 1 amide bonds. The molecule has 1 saturated heterocycles. The zero-order valence-corrected chi connectivity index (χ0v) is 25.2. The van der Waals surface area contributed by atoms with Crippen LogP contribution in [-0.4, -0.2) is 80.6 Å². The van der Waals surface area contributed by atoms with Crippen LogP contribution in [0, 0.1) is 23.2 Å². The second-order valence-electron chi connectivity index (χ2n) is 11.9. The van der Waals surface area contributed by atoms with Crippen LogP contribution in [0.2, 0.25) is 0 Å². The Morgan fingerprint density at radius 3 is 2.80 bits per heavy atom. The molecular formula is C30H44N4O5S. The standard InChI is InChI=1S/C30H44N4O5S/c1-18(28(36)31-10-11-34-12-14-39-15-13-34)21-8-9-30(3)17-24-26(19(2)25(30)27(21)35)33-29(40-24)32-22-16-20(37-4)6-7-23(22)38-5/h6-7,16,18-19,21,25,27,35H,8-15,17H2,1-5H3,(H,31,36)(H,32,33)/t18-,19-,21?,25+,27-,30-/m0/s1. The Morgan fingerprint density at radius 2 is 2.08 bits per heavy atom. The lowest BCUT2D eigenvalue weighted by molar-refractivity contribution is -0.134. The molecule has 6 atom stereocenters. The molecule has 0 radical (unpaired) electrons. The number of amides is 1. The van der Waals surface area contributed by atoms with Gasteiger partial charge < -0.3 is 30.0 Å². The number of hydrogen-bond acceptors (Lipinski definition) is 9. The number of fused-ring (bicyclic) bond motifs is 2. The van der Waals surface area contributed by atoms with Gasteiger partial charge in [0.15, 0.2) is 5.13 Å². The summed E-state index contributed by atoms with van der Waals surface area (Å²) < 4.78 is 16.4. The lowest BCUT2D eigenvalue weighted by Gasteiger charge is -2.53. The molecule has 10 heteroatoms. The van der Waals surface area contributed by atoms with Crippen LogP contribution in [0.5, 0.6) is 11.5 Å². The number of nitrogens with one attached hydrogen (secondary N) is 2. The van der Waals surface area contributed by atoms with Crippen LogP contribution in [-0.2, 0) is 16.0 Å². The zero-order chi connectivity index (χ0) is 28.4. The molecule has 1 unspecified atom stereocenters. The molecule has 220 valence electrons. The molecule has 1 saturated carbocycles. The molecule has 40 heavy (non-hydrogen) atoms. The molecule has 1 aromatic carbocycles. The Labute approximate surface area is 241 Å². The number of carbonyl (C=O) groups excluding carboxylic acids is 1. The second-order valence-corrected chi connectivity index (χ2v) is 13.0. The molecule has 3 aliphatic rings. The molecule has 2 aromatic rings. The number of morpholine rings is 1. The summed E-state index contributed by atoms with van der Waals surface area (Å²) >= 11 is 1.68. The molecule has 0 spiro atoms. The molecule has 2 aliphatic carbocycles. The van der Waals surface area contributed by atoms with Crippen molar-refractivity contribution in [3.05, 3.63) is 28.8 Å². The Hall–Kier alpha value is -2.40. The van der Waals surface area contributed by atoms with E-state index in [9.17, 15) is 9.90 Å². The number of benzene rings is 1. The molecule has 9 nitrogen and oxygen atoms in total. The highest BCUT2D eigenvalue weighted by molar-refractivity contribution is 7.15. The van der Waals surface area contributed by atoms with Gasteiger partial charge in [0.25, 0.3) is 0 Å². The summed E-state index contributed by atoms with van der Waals surface area (Å²) in [7, 11) is 3.29. The lowest BCUT2D eigenvalue weighted by atomic mass is 9.53. The average Bonchev–Trinajstić information content (AvgIpc) is 3.35.